The summed E-state index contributed by atoms with van der Waals surface area (Å²) >= 11 is 0. The van der Waals surface area contributed by atoms with Gasteiger partial charge < -0.3 is 10.6 Å². The number of hydrogen-bond donors (Lipinski definition) is 2. The molecule has 188 valence electrons. The molecule has 1 aliphatic rings. The molecule has 1 aliphatic carbocycles. The zero-order chi connectivity index (χ0) is 26.1. The largest absolute Gasteiger partial charge is 0.347 e. The van der Waals surface area contributed by atoms with E-state index in [1.54, 1.807) is 23.7 Å². The molecule has 0 radical (unpaired) electrons. The first-order valence-electron chi connectivity index (χ1n) is 12.0. The predicted octanol–water partition coefficient (Wildman–Crippen LogP) is 3.38. The molecule has 0 unspecified atom stereocenters. The van der Waals surface area contributed by atoms with Gasteiger partial charge in [0.25, 0.3) is 11.8 Å². The van der Waals surface area contributed by atoms with Crippen LogP contribution >= 0.6 is 0 Å². The molecule has 2 N–H and O–H groups in total. The second-order valence-electron chi connectivity index (χ2n) is 9.14. The van der Waals surface area contributed by atoms with E-state index in [-0.39, 0.29) is 35.7 Å². The summed E-state index contributed by atoms with van der Waals surface area (Å²) in [7, 11) is 1.86. The zero-order valence-corrected chi connectivity index (χ0v) is 20.7. The van der Waals surface area contributed by atoms with Crippen molar-refractivity contribution >= 4 is 11.8 Å². The quantitative estimate of drug-likeness (QED) is 0.420. The molecule has 10 heteroatoms. The van der Waals surface area contributed by atoms with Gasteiger partial charge in [-0.15, -0.1) is 0 Å². The first kappa shape index (κ1) is 24.2. The van der Waals surface area contributed by atoms with Gasteiger partial charge >= 0.3 is 0 Å². The zero-order valence-electron chi connectivity index (χ0n) is 20.7. The van der Waals surface area contributed by atoms with Crippen LogP contribution in [0, 0.1) is 19.7 Å². The van der Waals surface area contributed by atoms with Crippen LogP contribution in [0.5, 0.6) is 0 Å². The Morgan fingerprint density at radius 2 is 1.84 bits per heavy atom. The minimum atomic E-state index is -0.449. The predicted molar refractivity (Wildman–Crippen MR) is 134 cm³/mol. The lowest BCUT2D eigenvalue weighted by molar-refractivity contribution is 0.0931. The molecule has 2 aromatic carbocycles. The van der Waals surface area contributed by atoms with Gasteiger partial charge in [0.15, 0.2) is 5.82 Å². The van der Waals surface area contributed by atoms with Crippen molar-refractivity contribution in [1.29, 1.82) is 0 Å². The van der Waals surface area contributed by atoms with Crippen molar-refractivity contribution in [3.63, 3.8) is 0 Å². The monoisotopic (exact) mass is 499 g/mol. The number of carbonyl (C=O) groups excluding carboxylic acids is 2. The van der Waals surface area contributed by atoms with E-state index in [9.17, 15) is 14.0 Å². The summed E-state index contributed by atoms with van der Waals surface area (Å²) in [6.45, 7) is 3.78. The van der Waals surface area contributed by atoms with Gasteiger partial charge in [0.05, 0.1) is 6.04 Å². The Labute approximate surface area is 213 Å². The van der Waals surface area contributed by atoms with Gasteiger partial charge in [-0.05, 0) is 61.1 Å². The maximum Gasteiger partial charge on any atom is 0.270 e. The molecule has 0 aliphatic heterocycles. The SMILES string of the molecule is Cc1cc(CNC(=O)c2cc(C(=O)N[C@H]3CCc4cc(-c5nc(C)n(C)n5)ccc43)ncn2)ccc1F. The van der Waals surface area contributed by atoms with Crippen LogP contribution in [0.15, 0.2) is 48.8 Å². The smallest absolute Gasteiger partial charge is 0.270 e. The molecule has 4 aromatic rings. The third-order valence-electron chi connectivity index (χ3n) is 6.57. The molecule has 2 aromatic heterocycles. The lowest BCUT2D eigenvalue weighted by atomic mass is 10.0. The number of hydrogen-bond acceptors (Lipinski definition) is 6. The highest BCUT2D eigenvalue weighted by molar-refractivity contribution is 5.97. The van der Waals surface area contributed by atoms with Crippen LogP contribution in [0.2, 0.25) is 0 Å². The van der Waals surface area contributed by atoms with Gasteiger partial charge in [-0.2, -0.15) is 5.10 Å². The van der Waals surface area contributed by atoms with Crippen LogP contribution in [0.4, 0.5) is 4.39 Å². The molecule has 0 spiro atoms. The Hall–Kier alpha value is -4.47. The van der Waals surface area contributed by atoms with Crippen molar-refractivity contribution < 1.29 is 14.0 Å². The molecule has 5 rings (SSSR count). The number of halogens is 1. The number of rotatable bonds is 6. The molecule has 9 nitrogen and oxygen atoms in total. The highest BCUT2D eigenvalue weighted by atomic mass is 19.1. The minimum absolute atomic E-state index is 0.0774. The van der Waals surface area contributed by atoms with Gasteiger partial charge in [0, 0.05) is 25.2 Å². The minimum Gasteiger partial charge on any atom is -0.347 e. The van der Waals surface area contributed by atoms with E-state index in [0.29, 0.717) is 11.4 Å². The summed E-state index contributed by atoms with van der Waals surface area (Å²) in [6.07, 6.45) is 2.78. The molecule has 0 bridgehead atoms. The van der Waals surface area contributed by atoms with E-state index in [1.807, 2.05) is 26.1 Å². The highest BCUT2D eigenvalue weighted by Crippen LogP contribution is 2.33. The van der Waals surface area contributed by atoms with Crippen LogP contribution in [-0.2, 0) is 20.0 Å². The number of benzene rings is 2. The second-order valence-corrected chi connectivity index (χ2v) is 9.14. The van der Waals surface area contributed by atoms with Crippen molar-refractivity contribution in [3.8, 4) is 11.4 Å². The third kappa shape index (κ3) is 5.09. The third-order valence-corrected chi connectivity index (χ3v) is 6.57. The van der Waals surface area contributed by atoms with Gasteiger partial charge in [0.1, 0.15) is 29.4 Å². The van der Waals surface area contributed by atoms with Crippen molar-refractivity contribution in [3.05, 3.63) is 94.1 Å². The number of carbonyl (C=O) groups is 2. The number of amides is 2. The molecule has 0 saturated carbocycles. The van der Waals surface area contributed by atoms with E-state index in [1.165, 1.54) is 18.5 Å². The molecule has 37 heavy (non-hydrogen) atoms. The number of nitrogens with one attached hydrogen (secondary N) is 2. The highest BCUT2D eigenvalue weighted by Gasteiger charge is 2.26. The fraction of sp³-hybridized carbons (Fsp3) is 0.259. The van der Waals surface area contributed by atoms with Gasteiger partial charge in [-0.25, -0.2) is 19.3 Å². The van der Waals surface area contributed by atoms with Gasteiger partial charge in [-0.1, -0.05) is 24.3 Å². The van der Waals surface area contributed by atoms with Crippen LogP contribution in [0.3, 0.4) is 0 Å². The maximum atomic E-state index is 13.5. The van der Waals surface area contributed by atoms with Crippen LogP contribution in [0.1, 0.15) is 61.5 Å². The van der Waals surface area contributed by atoms with E-state index < -0.39 is 5.91 Å². The van der Waals surface area contributed by atoms with Gasteiger partial charge in [-0.3, -0.25) is 14.3 Å². The fourth-order valence-electron chi connectivity index (χ4n) is 4.42. The van der Waals surface area contributed by atoms with Gasteiger partial charge in [0.2, 0.25) is 0 Å². The van der Waals surface area contributed by atoms with Crippen LogP contribution < -0.4 is 10.6 Å². The Balaban J connectivity index is 1.24. The molecular weight excluding hydrogens is 473 g/mol. The molecule has 0 saturated heterocycles. The molecule has 1 atom stereocenters. The van der Waals surface area contributed by atoms with E-state index >= 15 is 0 Å². The van der Waals surface area contributed by atoms with Crippen molar-refractivity contribution in [2.75, 3.05) is 0 Å². The Morgan fingerprint density at radius 1 is 1.05 bits per heavy atom. The Kier molecular flexibility index (Phi) is 6.47. The van der Waals surface area contributed by atoms with E-state index in [0.717, 1.165) is 40.9 Å². The van der Waals surface area contributed by atoms with Crippen LogP contribution in [0.25, 0.3) is 11.4 Å². The first-order chi connectivity index (χ1) is 17.8. The fourth-order valence-corrected chi connectivity index (χ4v) is 4.42. The molecule has 2 heterocycles. The standard InChI is InChI=1S/C27H26FN7O2/c1-15-10-17(4-8-21(15)28)13-29-26(36)23-12-24(31-14-30-23)27(37)33-22-9-6-18-11-19(5-7-20(18)22)25-32-16(2)35(3)34-25/h4-5,7-8,10-12,14,22H,6,9,13H2,1-3H3,(H,29,36)(H,33,37)/t22-/m0/s1. The van der Waals surface area contributed by atoms with Crippen molar-refractivity contribution in [2.24, 2.45) is 7.05 Å². The lowest BCUT2D eigenvalue weighted by Gasteiger charge is -2.14. The summed E-state index contributed by atoms with van der Waals surface area (Å²) in [4.78, 5) is 38.1. The number of aryl methyl sites for hydroxylation is 4. The summed E-state index contributed by atoms with van der Waals surface area (Å²) in [5.41, 5.74) is 4.58. The summed E-state index contributed by atoms with van der Waals surface area (Å²) < 4.78 is 15.2. The maximum absolute atomic E-state index is 13.5. The number of aromatic nitrogens is 5. The van der Waals surface area contributed by atoms with E-state index in [4.69, 9.17) is 0 Å². The normalized spacial score (nSPS) is 14.3. The number of nitrogens with zero attached hydrogens (tertiary/aromatic N) is 5. The van der Waals surface area contributed by atoms with E-state index in [2.05, 4.69) is 36.8 Å². The lowest BCUT2D eigenvalue weighted by Crippen LogP contribution is -2.29. The molecule has 0 fully saturated rings. The molecular formula is C27H26FN7O2. The summed E-state index contributed by atoms with van der Waals surface area (Å²) in [5, 5.41) is 10.2. The topological polar surface area (TPSA) is 115 Å². The van der Waals surface area contributed by atoms with Crippen LogP contribution in [-0.4, -0.2) is 36.5 Å². The Morgan fingerprint density at radius 3 is 2.57 bits per heavy atom. The average molecular weight is 500 g/mol. The Bertz CT molecular complexity index is 1500. The molecule has 2 amide bonds. The summed E-state index contributed by atoms with van der Waals surface area (Å²) in [5.74, 6) is 0.387. The summed E-state index contributed by atoms with van der Waals surface area (Å²) in [6, 6.07) is 11.9. The van der Waals surface area contributed by atoms with Crippen molar-refractivity contribution in [1.82, 2.24) is 35.4 Å². The second kappa shape index (κ2) is 9.88. The first-order valence-corrected chi connectivity index (χ1v) is 12.0. The van der Waals surface area contributed by atoms with Crippen molar-refractivity contribution in [2.45, 2.75) is 39.3 Å². The number of fused-ring (bicyclic) bond motifs is 1. The average Bonchev–Trinajstić information content (AvgIpc) is 3.46.